The predicted octanol–water partition coefficient (Wildman–Crippen LogP) is 5.85. The molecule has 0 radical (unpaired) electrons. The molecular weight excluding hydrogens is 420 g/mol. The van der Waals surface area contributed by atoms with Gasteiger partial charge in [0.05, 0.1) is 12.7 Å². The maximum Gasteiger partial charge on any atom is 0.282 e. The van der Waals surface area contributed by atoms with Crippen molar-refractivity contribution in [2.45, 2.75) is 65.3 Å². The molecule has 7 heteroatoms. The fraction of sp³-hybridized carbons (Fsp3) is 0.565. The minimum atomic E-state index is -0.333. The monoisotopic (exact) mass is 452 g/mol. The summed E-state index contributed by atoms with van der Waals surface area (Å²) in [6, 6.07) is 4.98. The zero-order valence-corrected chi connectivity index (χ0v) is 20.2. The average Bonchev–Trinajstić information content (AvgIpc) is 3.39. The summed E-state index contributed by atoms with van der Waals surface area (Å²) in [5.74, 6) is 0.147. The predicted molar refractivity (Wildman–Crippen MR) is 124 cm³/mol. The lowest BCUT2D eigenvalue weighted by Gasteiger charge is -2.19. The zero-order valence-electron chi connectivity index (χ0n) is 18.7. The fourth-order valence-corrected chi connectivity index (χ4v) is 4.05. The standard InChI is InChI=1S/C19H25ClN2O2S.C4H8O/c1-6-7-8-13-12-22(19(2,3)4)25-18(13)21-17(23)15-11-14(20)9-10-16(15)24-5;1-2-4-5-3-1/h9-12H,6-8H2,1-5H3;1-4H2. The maximum atomic E-state index is 12.7. The smallest absolute Gasteiger partial charge is 0.282 e. The Morgan fingerprint density at radius 3 is 2.53 bits per heavy atom. The van der Waals surface area contributed by atoms with E-state index in [1.807, 2.05) is 0 Å². The van der Waals surface area contributed by atoms with Gasteiger partial charge in [-0.05, 0) is 76.2 Å². The van der Waals surface area contributed by atoms with Crippen molar-refractivity contribution < 1.29 is 14.3 Å². The molecule has 0 saturated carbocycles. The Morgan fingerprint density at radius 1 is 1.30 bits per heavy atom. The summed E-state index contributed by atoms with van der Waals surface area (Å²) >= 11 is 7.55. The van der Waals surface area contributed by atoms with Crippen molar-refractivity contribution in [3.05, 3.63) is 45.2 Å². The van der Waals surface area contributed by atoms with Crippen LogP contribution in [-0.2, 0) is 16.7 Å². The Labute approximate surface area is 188 Å². The van der Waals surface area contributed by atoms with Gasteiger partial charge in [-0.15, -0.1) is 0 Å². The van der Waals surface area contributed by atoms with Crippen LogP contribution in [0.2, 0.25) is 5.02 Å². The normalized spacial score (nSPS) is 14.4. The first kappa shape index (κ1) is 24.6. The highest BCUT2D eigenvalue weighted by Gasteiger charge is 2.17. The summed E-state index contributed by atoms with van der Waals surface area (Å²) in [4.78, 5) is 17.1. The molecule has 0 aliphatic carbocycles. The van der Waals surface area contributed by atoms with Crippen molar-refractivity contribution in [3.8, 4) is 5.75 Å². The number of benzene rings is 1. The number of carbonyl (C=O) groups is 1. The molecule has 0 bridgehead atoms. The molecule has 1 aromatic carbocycles. The summed E-state index contributed by atoms with van der Waals surface area (Å²) in [5.41, 5.74) is 1.44. The number of amides is 1. The second-order valence-corrected chi connectivity index (χ2v) is 9.63. The lowest BCUT2D eigenvalue weighted by Crippen LogP contribution is -2.18. The van der Waals surface area contributed by atoms with E-state index in [2.05, 4.69) is 42.8 Å². The molecule has 1 saturated heterocycles. The molecule has 1 aliphatic heterocycles. The third kappa shape index (κ3) is 7.25. The first-order valence-electron chi connectivity index (χ1n) is 10.5. The third-order valence-corrected chi connectivity index (χ3v) is 6.23. The van der Waals surface area contributed by atoms with Gasteiger partial charge in [0.15, 0.2) is 0 Å². The molecule has 0 atom stereocenters. The number of aryl methyl sites for hydroxylation is 1. The minimum Gasteiger partial charge on any atom is -0.496 e. The lowest BCUT2D eigenvalue weighted by molar-refractivity contribution is 0.0996. The van der Waals surface area contributed by atoms with Gasteiger partial charge in [-0.3, -0.25) is 8.75 Å². The summed E-state index contributed by atoms with van der Waals surface area (Å²) in [6.45, 7) is 10.6. The molecule has 1 amide bonds. The number of carbonyl (C=O) groups excluding carboxylic acids is 1. The van der Waals surface area contributed by atoms with E-state index in [4.69, 9.17) is 21.1 Å². The van der Waals surface area contributed by atoms with E-state index in [1.54, 1.807) is 18.2 Å². The molecule has 2 aromatic rings. The van der Waals surface area contributed by atoms with Crippen molar-refractivity contribution in [1.82, 2.24) is 3.96 Å². The number of halogens is 1. The molecule has 0 N–H and O–H groups in total. The largest absolute Gasteiger partial charge is 0.496 e. The number of methoxy groups -OCH3 is 1. The van der Waals surface area contributed by atoms with Crippen molar-refractivity contribution >= 4 is 29.0 Å². The van der Waals surface area contributed by atoms with Gasteiger partial charge >= 0.3 is 0 Å². The van der Waals surface area contributed by atoms with Gasteiger partial charge in [-0.25, -0.2) is 0 Å². The summed E-state index contributed by atoms with van der Waals surface area (Å²) in [7, 11) is 1.53. The summed E-state index contributed by atoms with van der Waals surface area (Å²) in [5, 5.41) is 0.487. The molecule has 5 nitrogen and oxygen atoms in total. The van der Waals surface area contributed by atoms with Crippen LogP contribution in [0.25, 0.3) is 0 Å². The van der Waals surface area contributed by atoms with Crippen molar-refractivity contribution in [3.63, 3.8) is 0 Å². The highest BCUT2D eigenvalue weighted by atomic mass is 35.5. The molecule has 0 unspecified atom stereocenters. The van der Waals surface area contributed by atoms with Crippen molar-refractivity contribution in [2.75, 3.05) is 20.3 Å². The fourth-order valence-electron chi connectivity index (χ4n) is 2.85. The minimum absolute atomic E-state index is 0.0454. The zero-order chi connectivity index (χ0) is 22.1. The molecule has 3 rings (SSSR count). The highest BCUT2D eigenvalue weighted by molar-refractivity contribution is 7.04. The van der Waals surface area contributed by atoms with Crippen LogP contribution >= 0.6 is 23.1 Å². The van der Waals surface area contributed by atoms with Crippen LogP contribution in [0, 0.1) is 0 Å². The molecule has 1 aromatic heterocycles. The van der Waals surface area contributed by atoms with Gasteiger partial charge in [-0.2, -0.15) is 4.99 Å². The Morgan fingerprint density at radius 2 is 2.00 bits per heavy atom. The van der Waals surface area contributed by atoms with E-state index >= 15 is 0 Å². The molecule has 1 aliphatic rings. The Balaban J connectivity index is 0.000000558. The van der Waals surface area contributed by atoms with Crippen LogP contribution in [0.1, 0.15) is 69.3 Å². The Kier molecular flexibility index (Phi) is 9.59. The lowest BCUT2D eigenvalue weighted by atomic mass is 10.1. The molecule has 30 heavy (non-hydrogen) atoms. The molecule has 166 valence electrons. The SMILES string of the molecule is C1CCOC1.CCCCc1cn(C(C)(C)C)sc1=NC(=O)c1cc(Cl)ccc1OC. The number of ether oxygens (including phenoxy) is 2. The average molecular weight is 453 g/mol. The highest BCUT2D eigenvalue weighted by Crippen LogP contribution is 2.24. The maximum absolute atomic E-state index is 12.7. The van der Waals surface area contributed by atoms with Gasteiger partial charge in [0, 0.05) is 35.5 Å². The van der Waals surface area contributed by atoms with E-state index in [1.165, 1.54) is 31.5 Å². The Hall–Kier alpha value is -1.63. The molecule has 2 heterocycles. The Bertz CT molecular complexity index is 885. The quantitative estimate of drug-likeness (QED) is 0.571. The van der Waals surface area contributed by atoms with Crippen molar-refractivity contribution in [1.29, 1.82) is 0 Å². The number of hydrogen-bond donors (Lipinski definition) is 0. The van der Waals surface area contributed by atoms with Crippen LogP contribution in [0.15, 0.2) is 29.4 Å². The third-order valence-electron chi connectivity index (χ3n) is 4.62. The molecule has 1 fully saturated rings. The van der Waals surface area contributed by atoms with Gasteiger partial charge in [-0.1, -0.05) is 24.9 Å². The van der Waals surface area contributed by atoms with Crippen LogP contribution in [0.4, 0.5) is 0 Å². The van der Waals surface area contributed by atoms with E-state index in [-0.39, 0.29) is 11.4 Å². The second kappa shape index (κ2) is 11.7. The van der Waals surface area contributed by atoms with Gasteiger partial charge in [0.1, 0.15) is 10.4 Å². The number of aromatic nitrogens is 1. The van der Waals surface area contributed by atoms with E-state index in [0.717, 1.165) is 42.7 Å². The van der Waals surface area contributed by atoms with Crippen LogP contribution in [-0.4, -0.2) is 30.2 Å². The number of unbranched alkanes of at least 4 members (excludes halogenated alkanes) is 1. The first-order chi connectivity index (χ1) is 14.3. The topological polar surface area (TPSA) is 52.8 Å². The number of nitrogens with zero attached hydrogens (tertiary/aromatic N) is 2. The molecular formula is C23H33ClN2O3S. The van der Waals surface area contributed by atoms with Gasteiger partial charge in [0.2, 0.25) is 0 Å². The van der Waals surface area contributed by atoms with Gasteiger partial charge < -0.3 is 9.47 Å². The van der Waals surface area contributed by atoms with E-state index in [9.17, 15) is 4.79 Å². The van der Waals surface area contributed by atoms with Crippen LogP contribution in [0.3, 0.4) is 0 Å². The van der Waals surface area contributed by atoms with E-state index < -0.39 is 0 Å². The first-order valence-corrected chi connectivity index (χ1v) is 11.6. The van der Waals surface area contributed by atoms with Gasteiger partial charge in [0.25, 0.3) is 5.91 Å². The van der Waals surface area contributed by atoms with Crippen molar-refractivity contribution in [2.24, 2.45) is 4.99 Å². The second-order valence-electron chi connectivity index (χ2n) is 8.23. The van der Waals surface area contributed by atoms with E-state index in [0.29, 0.717) is 16.3 Å². The van der Waals surface area contributed by atoms with Crippen LogP contribution < -0.4 is 9.41 Å². The molecule has 0 spiro atoms. The van der Waals surface area contributed by atoms with Crippen LogP contribution in [0.5, 0.6) is 5.75 Å². The number of hydrogen-bond acceptors (Lipinski definition) is 4. The summed E-state index contributed by atoms with van der Waals surface area (Å²) in [6.07, 6.45) is 7.75. The number of rotatable bonds is 5. The summed E-state index contributed by atoms with van der Waals surface area (Å²) < 4.78 is 13.1.